The molecule has 0 saturated carbocycles. The van der Waals surface area contributed by atoms with Crippen molar-refractivity contribution in [1.29, 1.82) is 0 Å². The van der Waals surface area contributed by atoms with Crippen LogP contribution in [0.5, 0.6) is 5.75 Å². The molecule has 2 aromatic rings. The summed E-state index contributed by atoms with van der Waals surface area (Å²) < 4.78 is 47.2. The maximum atomic E-state index is 14.1. The summed E-state index contributed by atoms with van der Waals surface area (Å²) in [7, 11) is 0. The molecule has 0 aliphatic carbocycles. The Hall–Kier alpha value is -1.59. The highest BCUT2D eigenvalue weighted by atomic mass is 35.5. The average Bonchev–Trinajstić information content (AvgIpc) is 2.56. The molecule has 0 amide bonds. The van der Waals surface area contributed by atoms with Crippen LogP contribution in [-0.4, -0.2) is 13.1 Å². The van der Waals surface area contributed by atoms with Crippen LogP contribution in [-0.2, 0) is 6.61 Å². The van der Waals surface area contributed by atoms with E-state index in [1.165, 1.54) is 24.3 Å². The van der Waals surface area contributed by atoms with Crippen molar-refractivity contribution >= 4 is 29.7 Å². The van der Waals surface area contributed by atoms with E-state index >= 15 is 0 Å². The predicted molar refractivity (Wildman–Crippen MR) is 95.4 cm³/mol. The molecule has 2 nitrogen and oxygen atoms in total. The first-order chi connectivity index (χ1) is 11.5. The van der Waals surface area contributed by atoms with Gasteiger partial charge in [0, 0.05) is 35.8 Å². The number of ether oxygens (including phenoxy) is 1. The van der Waals surface area contributed by atoms with Gasteiger partial charge in [-0.25, -0.2) is 13.2 Å². The Morgan fingerprint density at radius 3 is 2.32 bits per heavy atom. The first-order valence-electron chi connectivity index (χ1n) is 7.85. The van der Waals surface area contributed by atoms with E-state index < -0.39 is 17.5 Å². The lowest BCUT2D eigenvalue weighted by Gasteiger charge is -2.29. The van der Waals surface area contributed by atoms with Gasteiger partial charge in [0.25, 0.3) is 0 Å². The lowest BCUT2D eigenvalue weighted by atomic mass is 10.1. The molecule has 0 spiro atoms. The van der Waals surface area contributed by atoms with Crippen molar-refractivity contribution in [2.45, 2.75) is 25.9 Å². The summed E-state index contributed by atoms with van der Waals surface area (Å²) in [6.07, 6.45) is 3.06. The fourth-order valence-electron chi connectivity index (χ4n) is 2.80. The van der Waals surface area contributed by atoms with E-state index in [0.29, 0.717) is 5.69 Å². The van der Waals surface area contributed by atoms with Crippen LogP contribution < -0.4 is 9.64 Å². The van der Waals surface area contributed by atoms with Gasteiger partial charge in [0.1, 0.15) is 18.2 Å². The molecule has 1 aliphatic rings. The van der Waals surface area contributed by atoms with E-state index in [4.69, 9.17) is 16.3 Å². The molecule has 0 atom stereocenters. The van der Waals surface area contributed by atoms with E-state index in [0.717, 1.165) is 38.4 Å². The summed E-state index contributed by atoms with van der Waals surface area (Å²) in [6, 6.07) is 6.34. The fourth-order valence-corrected chi connectivity index (χ4v) is 2.96. The van der Waals surface area contributed by atoms with Crippen LogP contribution in [0.15, 0.2) is 30.3 Å². The summed E-state index contributed by atoms with van der Waals surface area (Å²) >= 11 is 5.70. The first-order valence-corrected chi connectivity index (χ1v) is 8.23. The summed E-state index contributed by atoms with van der Waals surface area (Å²) in [5, 5.41) is 0.275. The normalized spacial score (nSPS) is 14.2. The standard InChI is InChI=1S/C18H17ClF3NO.ClH/c19-13-5-4-12(14(20)8-13)11-24-18-10-17(15(21)9-16(18)22)23-6-2-1-3-7-23;/h4-5,8-10H,1-3,6-7,11H2;1H. The minimum Gasteiger partial charge on any atom is -0.486 e. The smallest absolute Gasteiger partial charge is 0.168 e. The lowest BCUT2D eigenvalue weighted by molar-refractivity contribution is 0.284. The average molecular weight is 392 g/mol. The molecule has 7 heteroatoms. The van der Waals surface area contributed by atoms with Crippen LogP contribution in [0.1, 0.15) is 24.8 Å². The molecule has 0 N–H and O–H groups in total. The van der Waals surface area contributed by atoms with Gasteiger partial charge in [-0.2, -0.15) is 0 Å². The van der Waals surface area contributed by atoms with Crippen LogP contribution >= 0.6 is 24.0 Å². The zero-order valence-electron chi connectivity index (χ0n) is 13.4. The minimum atomic E-state index is -0.803. The van der Waals surface area contributed by atoms with Gasteiger partial charge in [0.05, 0.1) is 5.69 Å². The highest BCUT2D eigenvalue weighted by Gasteiger charge is 2.18. The van der Waals surface area contributed by atoms with E-state index in [1.807, 2.05) is 4.90 Å². The van der Waals surface area contributed by atoms with Gasteiger partial charge in [-0.3, -0.25) is 0 Å². The number of hydrogen-bond donors (Lipinski definition) is 0. The minimum absolute atomic E-state index is 0. The molecule has 25 heavy (non-hydrogen) atoms. The van der Waals surface area contributed by atoms with Crippen molar-refractivity contribution in [3.63, 3.8) is 0 Å². The molecule has 1 fully saturated rings. The Bertz CT molecular complexity index is 737. The third-order valence-corrected chi connectivity index (χ3v) is 4.33. The zero-order chi connectivity index (χ0) is 17.1. The second-order valence-electron chi connectivity index (χ2n) is 5.81. The van der Waals surface area contributed by atoms with Gasteiger partial charge < -0.3 is 9.64 Å². The summed E-state index contributed by atoms with van der Waals surface area (Å²) in [6.45, 7) is 1.30. The monoisotopic (exact) mass is 391 g/mol. The predicted octanol–water partition coefficient (Wildman–Crippen LogP) is 5.75. The van der Waals surface area contributed by atoms with Crippen LogP contribution in [0.2, 0.25) is 5.02 Å². The van der Waals surface area contributed by atoms with Crippen LogP contribution in [0.25, 0.3) is 0 Å². The Labute approximate surface area is 155 Å². The Morgan fingerprint density at radius 2 is 1.64 bits per heavy atom. The van der Waals surface area contributed by atoms with Gasteiger partial charge in [-0.15, -0.1) is 12.4 Å². The number of hydrogen-bond acceptors (Lipinski definition) is 2. The van der Waals surface area contributed by atoms with Crippen LogP contribution in [0.4, 0.5) is 18.9 Å². The first kappa shape index (κ1) is 19.7. The van der Waals surface area contributed by atoms with E-state index in [-0.39, 0.29) is 35.3 Å². The number of piperidine rings is 1. The molecule has 136 valence electrons. The molecule has 3 rings (SSSR count). The third kappa shape index (κ3) is 4.73. The maximum Gasteiger partial charge on any atom is 0.168 e. The molecular weight excluding hydrogens is 374 g/mol. The number of nitrogens with zero attached hydrogens (tertiary/aromatic N) is 1. The topological polar surface area (TPSA) is 12.5 Å². The summed E-state index contributed by atoms with van der Waals surface area (Å²) in [5.41, 5.74) is 0.574. The Balaban J connectivity index is 0.00000225. The van der Waals surface area contributed by atoms with Crippen molar-refractivity contribution < 1.29 is 17.9 Å². The molecule has 0 bridgehead atoms. The molecule has 1 heterocycles. The summed E-state index contributed by atoms with van der Waals surface area (Å²) in [5.74, 6) is -2.03. The fraction of sp³-hybridized carbons (Fsp3) is 0.333. The van der Waals surface area contributed by atoms with Gasteiger partial charge in [-0.05, 0) is 31.4 Å². The highest BCUT2D eigenvalue weighted by Crippen LogP contribution is 2.30. The van der Waals surface area contributed by atoms with Crippen LogP contribution in [0.3, 0.4) is 0 Å². The largest absolute Gasteiger partial charge is 0.486 e. The second-order valence-corrected chi connectivity index (χ2v) is 6.24. The van der Waals surface area contributed by atoms with Gasteiger partial charge in [0.15, 0.2) is 11.6 Å². The molecule has 1 saturated heterocycles. The van der Waals surface area contributed by atoms with Gasteiger partial charge >= 0.3 is 0 Å². The number of halogens is 5. The van der Waals surface area contributed by atoms with Crippen molar-refractivity contribution in [3.05, 3.63) is 58.4 Å². The van der Waals surface area contributed by atoms with E-state index in [9.17, 15) is 13.2 Å². The third-order valence-electron chi connectivity index (χ3n) is 4.10. The van der Waals surface area contributed by atoms with Gasteiger partial charge in [0.2, 0.25) is 0 Å². The zero-order valence-corrected chi connectivity index (χ0v) is 15.0. The maximum absolute atomic E-state index is 14.1. The quantitative estimate of drug-likeness (QED) is 0.657. The molecular formula is C18H18Cl2F3NO. The SMILES string of the molecule is Cl.Fc1cc(Cl)ccc1COc1cc(N2CCCCC2)c(F)cc1F. The second kappa shape index (κ2) is 8.68. The number of benzene rings is 2. The Morgan fingerprint density at radius 1 is 0.920 bits per heavy atom. The lowest BCUT2D eigenvalue weighted by Crippen LogP contribution is -2.30. The number of anilines is 1. The molecule has 1 aliphatic heterocycles. The summed E-state index contributed by atoms with van der Waals surface area (Å²) in [4.78, 5) is 1.88. The van der Waals surface area contributed by atoms with Crippen molar-refractivity contribution in [1.82, 2.24) is 0 Å². The Kier molecular flexibility index (Phi) is 6.85. The van der Waals surface area contributed by atoms with Crippen molar-refractivity contribution in [3.8, 4) is 5.75 Å². The van der Waals surface area contributed by atoms with Gasteiger partial charge in [-0.1, -0.05) is 17.7 Å². The van der Waals surface area contributed by atoms with E-state index in [2.05, 4.69) is 0 Å². The van der Waals surface area contributed by atoms with Crippen molar-refractivity contribution in [2.75, 3.05) is 18.0 Å². The highest BCUT2D eigenvalue weighted by molar-refractivity contribution is 6.30. The molecule has 0 aromatic heterocycles. The molecule has 0 radical (unpaired) electrons. The molecule has 2 aromatic carbocycles. The van der Waals surface area contributed by atoms with E-state index in [1.54, 1.807) is 0 Å². The van der Waals surface area contributed by atoms with Crippen molar-refractivity contribution in [2.24, 2.45) is 0 Å². The van der Waals surface area contributed by atoms with Crippen LogP contribution in [0, 0.1) is 17.5 Å². The number of rotatable bonds is 4. The molecule has 0 unspecified atom stereocenters.